The van der Waals surface area contributed by atoms with Gasteiger partial charge in [-0.25, -0.2) is 4.79 Å². The van der Waals surface area contributed by atoms with E-state index in [1.165, 1.54) is 5.48 Å². The molecule has 8 heteroatoms. The van der Waals surface area contributed by atoms with Gasteiger partial charge in [0.1, 0.15) is 5.75 Å². The molecule has 1 aromatic rings. The van der Waals surface area contributed by atoms with E-state index in [9.17, 15) is 4.79 Å². The molecule has 0 unspecified atom stereocenters. The van der Waals surface area contributed by atoms with Crippen molar-refractivity contribution in [1.82, 2.24) is 0 Å². The second kappa shape index (κ2) is 7.88. The van der Waals surface area contributed by atoms with Gasteiger partial charge in [-0.3, -0.25) is 4.84 Å². The average Bonchev–Trinajstić information content (AvgIpc) is 2.52. The molecule has 0 bridgehead atoms. The van der Waals surface area contributed by atoms with Crippen LogP contribution in [0.3, 0.4) is 0 Å². The summed E-state index contributed by atoms with van der Waals surface area (Å²) in [6.07, 6.45) is 6.60. The lowest BCUT2D eigenvalue weighted by Gasteiger charge is -2.13. The van der Waals surface area contributed by atoms with Crippen LogP contribution in [0.25, 0.3) is 5.32 Å². The van der Waals surface area contributed by atoms with Crippen molar-refractivity contribution >= 4 is 33.5 Å². The van der Waals surface area contributed by atoms with Crippen molar-refractivity contribution in [1.29, 1.82) is 0 Å². The second-order valence-electron chi connectivity index (χ2n) is 4.16. The highest BCUT2D eigenvalue weighted by molar-refractivity contribution is 9.10. The number of nitrogens with zero attached hydrogens (tertiary/aromatic N) is 1. The molecule has 0 saturated heterocycles. The fourth-order valence-corrected chi connectivity index (χ4v) is 2.23. The standard InChI is InChI=1S/C14H12BrClN3O3/c15-10-1-2-12(11(16)7-10)21-8-13(20)22-19-14(17)9-3-5-18-6-4-9/h1-7,19H,8,17H2/q-1/p+1. The Labute approximate surface area is 140 Å². The summed E-state index contributed by atoms with van der Waals surface area (Å²) in [5.41, 5.74) is 7.66. The molecule has 1 aliphatic heterocycles. The number of carbonyl (C=O) groups is 1. The van der Waals surface area contributed by atoms with E-state index < -0.39 is 5.97 Å². The number of nitrogens with two attached hydrogens (primary N) is 2. The Hall–Kier alpha value is -1.96. The van der Waals surface area contributed by atoms with Gasteiger partial charge in [0, 0.05) is 4.47 Å². The predicted octanol–water partition coefficient (Wildman–Crippen LogP) is 2.09. The Morgan fingerprint density at radius 2 is 2.09 bits per heavy atom. The fraction of sp³-hybridized carbons (Fsp3) is 0.0714. The van der Waals surface area contributed by atoms with Crippen molar-refractivity contribution in [3.8, 4) is 5.75 Å². The molecule has 0 spiro atoms. The topological polar surface area (TPSA) is 92.3 Å². The van der Waals surface area contributed by atoms with Gasteiger partial charge in [0.2, 0.25) is 5.82 Å². The third-order valence-corrected chi connectivity index (χ3v) is 3.36. The number of hydrogen-bond donors (Lipinski definition) is 2. The van der Waals surface area contributed by atoms with Gasteiger partial charge in [0.05, 0.1) is 10.6 Å². The monoisotopic (exact) mass is 385 g/mol. The first-order chi connectivity index (χ1) is 10.6. The maximum absolute atomic E-state index is 11.6. The van der Waals surface area contributed by atoms with Gasteiger partial charge in [-0.2, -0.15) is 12.4 Å². The van der Waals surface area contributed by atoms with Crippen LogP contribution in [0, 0.1) is 0 Å². The van der Waals surface area contributed by atoms with Gasteiger partial charge in [-0.05, 0) is 18.2 Å². The second-order valence-corrected chi connectivity index (χ2v) is 5.49. The summed E-state index contributed by atoms with van der Waals surface area (Å²) in [5.74, 6) is 0.126. The summed E-state index contributed by atoms with van der Waals surface area (Å²) >= 11 is 9.26. The minimum atomic E-state index is -0.587. The van der Waals surface area contributed by atoms with Crippen LogP contribution in [0.5, 0.6) is 5.75 Å². The van der Waals surface area contributed by atoms with Gasteiger partial charge in [-0.15, -0.1) is 5.48 Å². The number of carbonyl (C=O) groups excluding carboxylic acids is 1. The SMILES string of the molecule is NC([NH2+]OC(=O)COc1ccc(Br)cc1Cl)=C1C=C[N-]C=C1. The number of allylic oxidation sites excluding steroid dienone is 3. The van der Waals surface area contributed by atoms with Crippen molar-refractivity contribution in [3.63, 3.8) is 0 Å². The molecule has 0 aliphatic carbocycles. The summed E-state index contributed by atoms with van der Waals surface area (Å²) in [5, 5.41) is 4.27. The zero-order valence-corrected chi connectivity index (χ0v) is 13.7. The normalized spacial score (nSPS) is 12.7. The number of hydroxylamine groups is 1. The van der Waals surface area contributed by atoms with Gasteiger partial charge in [0.15, 0.2) is 6.61 Å². The number of halogens is 2. The van der Waals surface area contributed by atoms with E-state index in [0.717, 1.165) is 4.47 Å². The Kier molecular flexibility index (Phi) is 5.88. The summed E-state index contributed by atoms with van der Waals surface area (Å²) in [6, 6.07) is 5.08. The van der Waals surface area contributed by atoms with Gasteiger partial charge >= 0.3 is 5.97 Å². The molecule has 0 fully saturated rings. The van der Waals surface area contributed by atoms with Crippen molar-refractivity contribution in [2.45, 2.75) is 0 Å². The number of rotatable bonds is 5. The Balaban J connectivity index is 1.82. The van der Waals surface area contributed by atoms with Gasteiger partial charge in [-0.1, -0.05) is 39.7 Å². The van der Waals surface area contributed by atoms with Crippen molar-refractivity contribution < 1.29 is 19.8 Å². The van der Waals surface area contributed by atoms with Gasteiger partial charge < -0.3 is 15.8 Å². The molecule has 0 atom stereocenters. The zero-order valence-electron chi connectivity index (χ0n) is 11.3. The highest BCUT2D eigenvalue weighted by Gasteiger charge is 2.11. The minimum absolute atomic E-state index is 0.276. The van der Waals surface area contributed by atoms with Crippen molar-refractivity contribution in [3.05, 3.63) is 69.0 Å². The molecule has 1 aliphatic rings. The number of quaternary nitrogens is 1. The highest BCUT2D eigenvalue weighted by atomic mass is 79.9. The van der Waals surface area contributed by atoms with E-state index in [1.54, 1.807) is 42.8 Å². The number of benzene rings is 1. The van der Waals surface area contributed by atoms with Crippen LogP contribution in [0.15, 0.2) is 58.6 Å². The highest BCUT2D eigenvalue weighted by Crippen LogP contribution is 2.27. The van der Waals surface area contributed by atoms with Crippen LogP contribution in [0.1, 0.15) is 0 Å². The molecule has 2 rings (SSSR count). The zero-order chi connectivity index (χ0) is 15.9. The molecular formula is C14H13BrClN3O3. The van der Waals surface area contributed by atoms with Crippen molar-refractivity contribution in [2.75, 3.05) is 6.61 Å². The fourth-order valence-electron chi connectivity index (χ4n) is 1.50. The summed E-state index contributed by atoms with van der Waals surface area (Å²) in [7, 11) is 0. The molecule has 0 radical (unpaired) electrons. The molecular weight excluding hydrogens is 374 g/mol. The molecule has 0 amide bonds. The Morgan fingerprint density at radius 3 is 2.77 bits per heavy atom. The van der Waals surface area contributed by atoms with Crippen LogP contribution >= 0.6 is 27.5 Å². The molecule has 1 aromatic carbocycles. The Bertz CT molecular complexity index is 645. The predicted molar refractivity (Wildman–Crippen MR) is 85.5 cm³/mol. The van der Waals surface area contributed by atoms with E-state index in [-0.39, 0.29) is 6.61 Å². The first-order valence-electron chi connectivity index (χ1n) is 6.19. The van der Waals surface area contributed by atoms with E-state index in [4.69, 9.17) is 26.9 Å². The van der Waals surface area contributed by atoms with Crippen LogP contribution in [-0.2, 0) is 9.63 Å². The number of hydrogen-bond acceptors (Lipinski definition) is 4. The van der Waals surface area contributed by atoms with E-state index in [0.29, 0.717) is 22.2 Å². The Morgan fingerprint density at radius 1 is 1.36 bits per heavy atom. The summed E-state index contributed by atoms with van der Waals surface area (Å²) in [6.45, 7) is -0.276. The average molecular weight is 387 g/mol. The van der Waals surface area contributed by atoms with Gasteiger partial charge in [0.25, 0.3) is 0 Å². The molecule has 1 heterocycles. The van der Waals surface area contributed by atoms with Crippen LogP contribution in [-0.4, -0.2) is 12.6 Å². The molecule has 6 nitrogen and oxygen atoms in total. The van der Waals surface area contributed by atoms with Crippen LogP contribution < -0.4 is 16.0 Å². The quantitative estimate of drug-likeness (QED) is 0.758. The molecule has 4 N–H and O–H groups in total. The van der Waals surface area contributed by atoms with Crippen molar-refractivity contribution in [2.24, 2.45) is 5.73 Å². The third-order valence-electron chi connectivity index (χ3n) is 2.57. The maximum Gasteiger partial charge on any atom is 0.404 e. The summed E-state index contributed by atoms with van der Waals surface area (Å²) < 4.78 is 6.10. The molecule has 116 valence electrons. The largest absolute Gasteiger partial charge is 0.670 e. The lowest BCUT2D eigenvalue weighted by atomic mass is 10.2. The summed E-state index contributed by atoms with van der Waals surface area (Å²) in [4.78, 5) is 16.5. The van der Waals surface area contributed by atoms with Crippen LogP contribution in [0.2, 0.25) is 5.02 Å². The minimum Gasteiger partial charge on any atom is -0.670 e. The smallest absolute Gasteiger partial charge is 0.404 e. The molecule has 22 heavy (non-hydrogen) atoms. The van der Waals surface area contributed by atoms with E-state index in [1.807, 2.05) is 0 Å². The van der Waals surface area contributed by atoms with E-state index in [2.05, 4.69) is 21.2 Å². The molecule has 0 aromatic heterocycles. The lowest BCUT2D eigenvalue weighted by molar-refractivity contribution is -0.838. The van der Waals surface area contributed by atoms with Crippen LogP contribution in [0.4, 0.5) is 0 Å². The first kappa shape index (κ1) is 16.4. The number of ether oxygens (including phenoxy) is 1. The van der Waals surface area contributed by atoms with E-state index >= 15 is 0 Å². The first-order valence-corrected chi connectivity index (χ1v) is 7.37. The lowest BCUT2D eigenvalue weighted by Crippen LogP contribution is -2.84. The maximum atomic E-state index is 11.6. The third kappa shape index (κ3) is 4.80. The molecule has 0 saturated carbocycles.